The van der Waals surface area contributed by atoms with E-state index in [1.54, 1.807) is 41.8 Å². The van der Waals surface area contributed by atoms with Crippen LogP contribution in [0.5, 0.6) is 11.5 Å². The standard InChI is InChI=1S/C21H16ClFN4O3S/c1-3-31(28,29)26-16-6-8-19(30-20-7-5-15(22)10-18(20)23)17(11-16)14-4-9-21-25-24-13(2)27(21)12-14/h3-12,26H,1H2,2H3. The van der Waals surface area contributed by atoms with Gasteiger partial charge in [-0.15, -0.1) is 10.2 Å². The van der Waals surface area contributed by atoms with Gasteiger partial charge in [-0.25, -0.2) is 12.8 Å². The molecular formula is C21H16ClFN4O3S. The van der Waals surface area contributed by atoms with Gasteiger partial charge in [-0.2, -0.15) is 0 Å². The van der Waals surface area contributed by atoms with Gasteiger partial charge < -0.3 is 4.74 Å². The third-order valence-electron chi connectivity index (χ3n) is 4.46. The van der Waals surface area contributed by atoms with Gasteiger partial charge in [0.15, 0.2) is 17.2 Å². The largest absolute Gasteiger partial charge is 0.454 e. The summed E-state index contributed by atoms with van der Waals surface area (Å²) in [7, 11) is -3.71. The molecule has 0 saturated carbocycles. The molecule has 0 aliphatic heterocycles. The number of anilines is 1. The second kappa shape index (κ2) is 8.01. The van der Waals surface area contributed by atoms with E-state index in [1.165, 1.54) is 18.2 Å². The van der Waals surface area contributed by atoms with Crippen molar-refractivity contribution < 1.29 is 17.5 Å². The second-order valence-electron chi connectivity index (χ2n) is 6.59. The average Bonchev–Trinajstić information content (AvgIpc) is 3.11. The molecule has 0 aliphatic carbocycles. The molecule has 158 valence electrons. The quantitative estimate of drug-likeness (QED) is 0.430. The maximum atomic E-state index is 14.3. The van der Waals surface area contributed by atoms with E-state index in [0.29, 0.717) is 34.0 Å². The number of pyridine rings is 1. The summed E-state index contributed by atoms with van der Waals surface area (Å²) in [4.78, 5) is 0. The zero-order valence-electron chi connectivity index (χ0n) is 16.2. The molecule has 0 aliphatic rings. The molecule has 0 spiro atoms. The van der Waals surface area contributed by atoms with E-state index in [1.807, 2.05) is 0 Å². The molecule has 2 heterocycles. The molecular weight excluding hydrogens is 443 g/mol. The number of aryl methyl sites for hydroxylation is 1. The van der Waals surface area contributed by atoms with E-state index in [9.17, 15) is 12.8 Å². The number of hydrogen-bond donors (Lipinski definition) is 1. The van der Waals surface area contributed by atoms with Crippen LogP contribution in [0.25, 0.3) is 16.8 Å². The molecule has 10 heteroatoms. The van der Waals surface area contributed by atoms with Crippen LogP contribution in [-0.4, -0.2) is 23.0 Å². The van der Waals surface area contributed by atoms with Gasteiger partial charge in [0.25, 0.3) is 10.0 Å². The molecule has 0 atom stereocenters. The van der Waals surface area contributed by atoms with Crippen molar-refractivity contribution >= 4 is 33.0 Å². The van der Waals surface area contributed by atoms with Gasteiger partial charge in [0.05, 0.1) is 0 Å². The van der Waals surface area contributed by atoms with Crippen LogP contribution in [0.3, 0.4) is 0 Å². The Balaban J connectivity index is 1.85. The molecule has 0 fully saturated rings. The first-order valence-electron chi connectivity index (χ1n) is 9.00. The summed E-state index contributed by atoms with van der Waals surface area (Å²) in [5, 5.41) is 9.15. The van der Waals surface area contributed by atoms with Crippen molar-refractivity contribution in [3.05, 3.63) is 83.4 Å². The minimum absolute atomic E-state index is 0.0216. The number of fused-ring (bicyclic) bond motifs is 1. The lowest BCUT2D eigenvalue weighted by Gasteiger charge is -2.15. The van der Waals surface area contributed by atoms with Crippen molar-refractivity contribution in [3.8, 4) is 22.6 Å². The Hall–Kier alpha value is -3.43. The topological polar surface area (TPSA) is 85.6 Å². The Bertz CT molecular complexity index is 1420. The minimum Gasteiger partial charge on any atom is -0.454 e. The number of nitrogens with zero attached hydrogens (tertiary/aromatic N) is 3. The van der Waals surface area contributed by atoms with E-state index in [-0.39, 0.29) is 10.8 Å². The molecule has 0 radical (unpaired) electrons. The second-order valence-corrected chi connectivity index (χ2v) is 8.66. The first kappa shape index (κ1) is 20.8. The molecule has 0 bridgehead atoms. The fourth-order valence-electron chi connectivity index (χ4n) is 2.96. The fourth-order valence-corrected chi connectivity index (χ4v) is 3.65. The van der Waals surface area contributed by atoms with Gasteiger partial charge >= 0.3 is 0 Å². The highest BCUT2D eigenvalue weighted by atomic mass is 35.5. The van der Waals surface area contributed by atoms with Gasteiger partial charge in [-0.05, 0) is 55.5 Å². The lowest BCUT2D eigenvalue weighted by atomic mass is 10.1. The van der Waals surface area contributed by atoms with Crippen molar-refractivity contribution in [1.82, 2.24) is 14.6 Å². The Morgan fingerprint density at radius 2 is 1.90 bits per heavy atom. The number of aromatic nitrogens is 3. The summed E-state index contributed by atoms with van der Waals surface area (Å²) < 4.78 is 48.1. The van der Waals surface area contributed by atoms with Crippen LogP contribution in [0.2, 0.25) is 5.02 Å². The number of sulfonamides is 1. The highest BCUT2D eigenvalue weighted by Gasteiger charge is 2.15. The first-order chi connectivity index (χ1) is 14.8. The van der Waals surface area contributed by atoms with Crippen molar-refractivity contribution in [2.24, 2.45) is 0 Å². The predicted octanol–water partition coefficient (Wildman–Crippen LogP) is 5.17. The molecule has 0 saturated heterocycles. The SMILES string of the molecule is C=CS(=O)(=O)Nc1ccc(Oc2ccc(Cl)cc2F)c(-c2ccc3nnc(C)n3c2)c1. The maximum Gasteiger partial charge on any atom is 0.254 e. The Kier molecular flexibility index (Phi) is 5.38. The molecule has 2 aromatic heterocycles. The minimum atomic E-state index is -3.71. The Labute approximate surface area is 182 Å². The molecule has 4 aromatic rings. The summed E-state index contributed by atoms with van der Waals surface area (Å²) in [6.07, 6.45) is 1.79. The molecule has 2 aromatic carbocycles. The third-order valence-corrected chi connectivity index (χ3v) is 5.65. The maximum absolute atomic E-state index is 14.3. The molecule has 0 amide bonds. The highest BCUT2D eigenvalue weighted by molar-refractivity contribution is 7.95. The van der Waals surface area contributed by atoms with Gasteiger partial charge in [0.2, 0.25) is 0 Å². The lowest BCUT2D eigenvalue weighted by molar-refractivity contribution is 0.444. The van der Waals surface area contributed by atoms with Gasteiger partial charge in [-0.3, -0.25) is 9.12 Å². The number of rotatable bonds is 6. The van der Waals surface area contributed by atoms with E-state index in [2.05, 4.69) is 21.5 Å². The van der Waals surface area contributed by atoms with Gasteiger partial charge in [-0.1, -0.05) is 18.2 Å². The molecule has 31 heavy (non-hydrogen) atoms. The third kappa shape index (κ3) is 4.37. The van der Waals surface area contributed by atoms with Crippen LogP contribution in [0.4, 0.5) is 10.1 Å². The molecule has 7 nitrogen and oxygen atoms in total. The number of halogens is 2. The van der Waals surface area contributed by atoms with Crippen LogP contribution in [0.15, 0.2) is 66.7 Å². The van der Waals surface area contributed by atoms with Crippen LogP contribution < -0.4 is 9.46 Å². The van der Waals surface area contributed by atoms with E-state index < -0.39 is 15.8 Å². The van der Waals surface area contributed by atoms with E-state index in [0.717, 1.165) is 11.5 Å². The van der Waals surface area contributed by atoms with Crippen molar-refractivity contribution in [2.45, 2.75) is 6.92 Å². The predicted molar refractivity (Wildman–Crippen MR) is 117 cm³/mol. The van der Waals surface area contributed by atoms with Crippen molar-refractivity contribution in [1.29, 1.82) is 0 Å². The van der Waals surface area contributed by atoms with Crippen molar-refractivity contribution in [2.75, 3.05) is 4.72 Å². The van der Waals surface area contributed by atoms with Crippen molar-refractivity contribution in [3.63, 3.8) is 0 Å². The molecule has 4 rings (SSSR count). The number of hydrogen-bond acceptors (Lipinski definition) is 5. The Morgan fingerprint density at radius 1 is 1.13 bits per heavy atom. The Morgan fingerprint density at radius 3 is 2.65 bits per heavy atom. The number of benzene rings is 2. The highest BCUT2D eigenvalue weighted by Crippen LogP contribution is 2.37. The number of ether oxygens (including phenoxy) is 1. The first-order valence-corrected chi connectivity index (χ1v) is 10.9. The van der Waals surface area contributed by atoms with E-state index >= 15 is 0 Å². The monoisotopic (exact) mass is 458 g/mol. The lowest BCUT2D eigenvalue weighted by Crippen LogP contribution is -2.08. The normalized spacial score (nSPS) is 11.5. The molecule has 1 N–H and O–H groups in total. The molecule has 0 unspecified atom stereocenters. The van der Waals surface area contributed by atoms with Crippen LogP contribution in [0.1, 0.15) is 5.82 Å². The zero-order valence-corrected chi connectivity index (χ0v) is 17.8. The van der Waals surface area contributed by atoms with Crippen LogP contribution in [-0.2, 0) is 10.0 Å². The summed E-state index contributed by atoms with van der Waals surface area (Å²) in [6, 6.07) is 12.3. The summed E-state index contributed by atoms with van der Waals surface area (Å²) >= 11 is 5.82. The van der Waals surface area contributed by atoms with Gasteiger partial charge in [0.1, 0.15) is 11.6 Å². The van der Waals surface area contributed by atoms with Gasteiger partial charge in [0, 0.05) is 33.4 Å². The van der Waals surface area contributed by atoms with E-state index in [4.69, 9.17) is 16.3 Å². The summed E-state index contributed by atoms with van der Waals surface area (Å²) in [5.41, 5.74) is 2.14. The van der Waals surface area contributed by atoms with Crippen LogP contribution >= 0.6 is 11.6 Å². The fraction of sp³-hybridized carbons (Fsp3) is 0.0476. The smallest absolute Gasteiger partial charge is 0.254 e. The zero-order chi connectivity index (χ0) is 22.2. The summed E-state index contributed by atoms with van der Waals surface area (Å²) in [6.45, 7) is 5.10. The van der Waals surface area contributed by atoms with Crippen LogP contribution in [0, 0.1) is 12.7 Å². The number of nitrogens with one attached hydrogen (secondary N) is 1. The summed E-state index contributed by atoms with van der Waals surface area (Å²) in [5.74, 6) is 0.339. The average molecular weight is 459 g/mol.